The number of nitrogens with one attached hydrogen (secondary N) is 2. The number of hydrogen-bond donors (Lipinski definition) is 2. The third-order valence-electron chi connectivity index (χ3n) is 4.72. The topological polar surface area (TPSA) is 101 Å². The molecule has 0 aliphatic heterocycles. The number of rotatable bonds is 8. The highest BCUT2D eigenvalue weighted by molar-refractivity contribution is 7.94. The number of para-hydroxylation sites is 1. The van der Waals surface area contributed by atoms with Gasteiger partial charge in [-0.3, -0.25) is 9.52 Å². The molecule has 2 aromatic heterocycles. The summed E-state index contributed by atoms with van der Waals surface area (Å²) < 4.78 is 34.1. The van der Waals surface area contributed by atoms with E-state index in [0.717, 1.165) is 33.8 Å². The van der Waals surface area contributed by atoms with E-state index in [1.165, 1.54) is 0 Å². The molecule has 9 heteroatoms. The van der Waals surface area contributed by atoms with Crippen LogP contribution in [0.2, 0.25) is 0 Å². The fourth-order valence-electron chi connectivity index (χ4n) is 2.96. The number of benzene rings is 1. The van der Waals surface area contributed by atoms with Crippen molar-refractivity contribution < 1.29 is 17.7 Å². The molecule has 0 bridgehead atoms. The van der Waals surface area contributed by atoms with Gasteiger partial charge in [0.25, 0.3) is 10.0 Å². The Bertz CT molecular complexity index is 1220. The molecular weight excluding hydrogens is 434 g/mol. The number of carbonyl (C=O) groups is 1. The molecule has 31 heavy (non-hydrogen) atoms. The third-order valence-corrected chi connectivity index (χ3v) is 7.61. The first-order valence-electron chi connectivity index (χ1n) is 9.90. The van der Waals surface area contributed by atoms with Gasteiger partial charge >= 0.3 is 0 Å². The highest BCUT2D eigenvalue weighted by Crippen LogP contribution is 2.29. The molecule has 0 saturated carbocycles. The van der Waals surface area contributed by atoms with Crippen LogP contribution in [0.15, 0.2) is 39.1 Å². The average Bonchev–Trinajstić information content (AvgIpc) is 3.36. The number of hydrogen-bond acceptors (Lipinski definition) is 6. The predicted molar refractivity (Wildman–Crippen MR) is 125 cm³/mol. The first-order valence-corrected chi connectivity index (χ1v) is 12.2. The molecule has 0 aliphatic carbocycles. The first-order chi connectivity index (χ1) is 14.7. The smallest absolute Gasteiger partial charge is 0.271 e. The van der Waals surface area contributed by atoms with Crippen molar-refractivity contribution in [2.45, 2.75) is 44.7 Å². The number of sulfonamides is 1. The molecule has 7 nitrogen and oxygen atoms in total. The number of aromatic nitrogens is 1. The van der Waals surface area contributed by atoms with Gasteiger partial charge in [0.1, 0.15) is 15.6 Å². The van der Waals surface area contributed by atoms with Crippen LogP contribution in [0.3, 0.4) is 0 Å². The minimum atomic E-state index is -3.71. The fourth-order valence-corrected chi connectivity index (χ4v) is 5.36. The monoisotopic (exact) mass is 459 g/mol. The lowest BCUT2D eigenvalue weighted by atomic mass is 10.1. The van der Waals surface area contributed by atoms with Crippen molar-refractivity contribution in [2.75, 3.05) is 10.0 Å². The lowest BCUT2D eigenvalue weighted by molar-refractivity contribution is -0.115. The maximum atomic E-state index is 12.9. The summed E-state index contributed by atoms with van der Waals surface area (Å²) in [5, 5.41) is 6.66. The van der Waals surface area contributed by atoms with Crippen molar-refractivity contribution in [1.29, 1.82) is 0 Å². The summed E-state index contributed by atoms with van der Waals surface area (Å²) >= 11 is 1.14. The maximum Gasteiger partial charge on any atom is 0.271 e. The molecule has 1 aromatic carbocycles. The van der Waals surface area contributed by atoms with Crippen LogP contribution in [-0.4, -0.2) is 19.5 Å². The number of nitrogens with zero attached hydrogens (tertiary/aromatic N) is 1. The van der Waals surface area contributed by atoms with Crippen LogP contribution in [0.4, 0.5) is 11.4 Å². The Kier molecular flexibility index (Phi) is 6.97. The fraction of sp³-hybridized carbons (Fsp3) is 0.273. The number of amides is 1. The van der Waals surface area contributed by atoms with Crippen LogP contribution in [-0.2, 0) is 21.2 Å². The second kappa shape index (κ2) is 9.49. The lowest BCUT2D eigenvalue weighted by Gasteiger charge is -2.13. The van der Waals surface area contributed by atoms with Gasteiger partial charge in [-0.1, -0.05) is 37.2 Å². The molecular formula is C22H25N3O4S2. The molecule has 3 rings (SSSR count). The minimum Gasteiger partial charge on any atom is -0.354 e. The van der Waals surface area contributed by atoms with Crippen molar-refractivity contribution in [1.82, 2.24) is 5.16 Å². The standard InChI is InChI=1S/C22H25N3O4S2/c1-5-16-9-7-8-14(3)21(16)25-31(27,28)20-13-11-17(30-20)10-12-18-22(15(4)24-29-18)23-19(26)6-2/h7-13,25H,5-6H2,1-4H3,(H,23,26). The second-order valence-corrected chi connectivity index (χ2v) is 9.99. The first kappa shape index (κ1) is 22.8. The van der Waals surface area contributed by atoms with Gasteiger partial charge in [-0.05, 0) is 55.7 Å². The zero-order valence-corrected chi connectivity index (χ0v) is 19.5. The Balaban J connectivity index is 1.82. The molecule has 0 fully saturated rings. The Morgan fingerprint density at radius 2 is 1.90 bits per heavy atom. The normalized spacial score (nSPS) is 11.7. The molecule has 2 heterocycles. The SMILES string of the molecule is CCC(=O)Nc1c(C)noc1C=Cc1ccc(S(=O)(=O)Nc2c(C)cccc2CC)s1. The Morgan fingerprint density at radius 3 is 2.61 bits per heavy atom. The summed E-state index contributed by atoms with van der Waals surface area (Å²) in [6.45, 7) is 7.37. The van der Waals surface area contributed by atoms with Crippen molar-refractivity contribution in [3.05, 3.63) is 57.8 Å². The van der Waals surface area contributed by atoms with Crippen molar-refractivity contribution in [3.63, 3.8) is 0 Å². The molecule has 0 aliphatic rings. The molecule has 164 valence electrons. The number of aryl methyl sites for hydroxylation is 3. The zero-order chi connectivity index (χ0) is 22.6. The van der Waals surface area contributed by atoms with Crippen LogP contribution < -0.4 is 10.0 Å². The maximum absolute atomic E-state index is 12.9. The highest BCUT2D eigenvalue weighted by atomic mass is 32.2. The van der Waals surface area contributed by atoms with Crippen molar-refractivity contribution in [3.8, 4) is 0 Å². The van der Waals surface area contributed by atoms with Crippen LogP contribution in [0.5, 0.6) is 0 Å². The largest absolute Gasteiger partial charge is 0.354 e. The molecule has 0 unspecified atom stereocenters. The molecule has 2 N–H and O–H groups in total. The van der Waals surface area contributed by atoms with Gasteiger partial charge in [-0.15, -0.1) is 11.3 Å². The summed E-state index contributed by atoms with van der Waals surface area (Å²) in [5.74, 6) is 0.266. The van der Waals surface area contributed by atoms with E-state index in [1.54, 1.807) is 38.1 Å². The Labute approximate surface area is 186 Å². The minimum absolute atomic E-state index is 0.140. The van der Waals surface area contributed by atoms with E-state index in [9.17, 15) is 13.2 Å². The summed E-state index contributed by atoms with van der Waals surface area (Å²) in [4.78, 5) is 12.4. The molecule has 1 amide bonds. The van der Waals surface area contributed by atoms with E-state index in [2.05, 4.69) is 15.2 Å². The summed E-state index contributed by atoms with van der Waals surface area (Å²) in [5.41, 5.74) is 3.54. The van der Waals surface area contributed by atoms with Crippen LogP contribution >= 0.6 is 11.3 Å². The van der Waals surface area contributed by atoms with E-state index < -0.39 is 10.0 Å². The van der Waals surface area contributed by atoms with Crippen LogP contribution in [0.25, 0.3) is 12.2 Å². The zero-order valence-electron chi connectivity index (χ0n) is 17.9. The highest BCUT2D eigenvalue weighted by Gasteiger charge is 2.19. The predicted octanol–water partition coefficient (Wildman–Crippen LogP) is 5.24. The van der Waals surface area contributed by atoms with E-state index in [1.807, 2.05) is 32.0 Å². The van der Waals surface area contributed by atoms with E-state index in [0.29, 0.717) is 29.2 Å². The summed E-state index contributed by atoms with van der Waals surface area (Å²) in [7, 11) is -3.71. The van der Waals surface area contributed by atoms with Gasteiger partial charge in [0.15, 0.2) is 5.76 Å². The van der Waals surface area contributed by atoms with Gasteiger partial charge in [0, 0.05) is 11.3 Å². The van der Waals surface area contributed by atoms with E-state index >= 15 is 0 Å². The quantitative estimate of drug-likeness (QED) is 0.480. The summed E-state index contributed by atoms with van der Waals surface area (Å²) in [6.07, 6.45) is 4.47. The Morgan fingerprint density at radius 1 is 1.13 bits per heavy atom. The summed E-state index contributed by atoms with van der Waals surface area (Å²) in [6, 6.07) is 9.02. The molecule has 0 atom stereocenters. The number of carbonyl (C=O) groups excluding carboxylic acids is 1. The Hall–Kier alpha value is -2.91. The number of anilines is 2. The average molecular weight is 460 g/mol. The van der Waals surface area contributed by atoms with Crippen molar-refractivity contribution >= 4 is 50.8 Å². The number of thiophene rings is 1. The third kappa shape index (κ3) is 5.23. The van der Waals surface area contributed by atoms with Crippen LogP contribution in [0.1, 0.15) is 47.7 Å². The van der Waals surface area contributed by atoms with Gasteiger partial charge in [0.2, 0.25) is 5.91 Å². The molecule has 3 aromatic rings. The van der Waals surface area contributed by atoms with Crippen LogP contribution in [0, 0.1) is 13.8 Å². The van der Waals surface area contributed by atoms with Gasteiger partial charge < -0.3 is 9.84 Å². The van der Waals surface area contributed by atoms with E-state index in [-0.39, 0.29) is 10.1 Å². The van der Waals surface area contributed by atoms with Crippen molar-refractivity contribution in [2.24, 2.45) is 0 Å². The molecule has 0 spiro atoms. The molecule has 0 saturated heterocycles. The molecule has 0 radical (unpaired) electrons. The van der Waals surface area contributed by atoms with E-state index in [4.69, 9.17) is 4.52 Å². The van der Waals surface area contributed by atoms with Gasteiger partial charge in [-0.25, -0.2) is 8.42 Å². The van der Waals surface area contributed by atoms with Gasteiger partial charge in [0.05, 0.1) is 5.69 Å². The lowest BCUT2D eigenvalue weighted by Crippen LogP contribution is -2.13. The second-order valence-electron chi connectivity index (χ2n) is 6.97. The van der Waals surface area contributed by atoms with Gasteiger partial charge in [-0.2, -0.15) is 0 Å².